The van der Waals surface area contributed by atoms with Crippen molar-refractivity contribution < 1.29 is 4.39 Å². The highest BCUT2D eigenvalue weighted by atomic mass is 19.1. The van der Waals surface area contributed by atoms with Crippen LogP contribution in [0, 0.1) is 12.7 Å². The van der Waals surface area contributed by atoms with Crippen LogP contribution in [0.25, 0.3) is 16.6 Å². The van der Waals surface area contributed by atoms with E-state index in [0.717, 1.165) is 53.0 Å². The maximum Gasteiger partial charge on any atom is 0.159 e. The van der Waals surface area contributed by atoms with Crippen LogP contribution < -0.4 is 0 Å². The molecule has 0 fully saturated rings. The first-order valence-electron chi connectivity index (χ1n) is 8.53. The Morgan fingerprint density at radius 3 is 2.72 bits per heavy atom. The van der Waals surface area contributed by atoms with Gasteiger partial charge >= 0.3 is 0 Å². The predicted molar refractivity (Wildman–Crippen MR) is 96.2 cm³/mol. The van der Waals surface area contributed by atoms with Gasteiger partial charge in [0.1, 0.15) is 5.82 Å². The first kappa shape index (κ1) is 15.7. The maximum atomic E-state index is 13.3. The first-order chi connectivity index (χ1) is 12.1. The molecule has 0 atom stereocenters. The Kier molecular flexibility index (Phi) is 3.92. The smallest absolute Gasteiger partial charge is 0.159 e. The van der Waals surface area contributed by atoms with Gasteiger partial charge < -0.3 is 0 Å². The Bertz CT molecular complexity index is 1070. The van der Waals surface area contributed by atoms with Crippen molar-refractivity contribution >= 4 is 16.6 Å². The van der Waals surface area contributed by atoms with Crippen molar-refractivity contribution in [2.24, 2.45) is 0 Å². The van der Waals surface area contributed by atoms with E-state index >= 15 is 0 Å². The molecule has 25 heavy (non-hydrogen) atoms. The molecule has 0 unspecified atom stereocenters. The molecule has 0 N–H and O–H groups in total. The molecule has 1 aromatic carbocycles. The highest BCUT2D eigenvalue weighted by Gasteiger charge is 2.10. The number of halogens is 1. The van der Waals surface area contributed by atoms with E-state index in [2.05, 4.69) is 29.1 Å². The van der Waals surface area contributed by atoms with Gasteiger partial charge in [-0.2, -0.15) is 5.10 Å². The standard InChI is InChI=1S/C20H19FN4/c1-3-14-5-4-13(2)25-20(14)23-19(24-25)11-9-17-8-6-15-12-16(21)7-10-18(15)22-17/h4-8,10,12H,3,9,11H2,1-2H3. The zero-order chi connectivity index (χ0) is 17.4. The number of aryl methyl sites for hydroxylation is 4. The number of hydrogen-bond donors (Lipinski definition) is 0. The minimum Gasteiger partial charge on any atom is -0.253 e. The normalized spacial score (nSPS) is 11.5. The van der Waals surface area contributed by atoms with Crippen molar-refractivity contribution in [2.45, 2.75) is 33.1 Å². The van der Waals surface area contributed by atoms with Crippen molar-refractivity contribution in [3.05, 3.63) is 71.1 Å². The third kappa shape index (κ3) is 2.97. The second-order valence-corrected chi connectivity index (χ2v) is 6.26. The predicted octanol–water partition coefficient (Wildman–Crippen LogP) is 4.07. The molecule has 4 aromatic rings. The largest absolute Gasteiger partial charge is 0.253 e. The number of nitrogens with zero attached hydrogens (tertiary/aromatic N) is 4. The number of aromatic nitrogens is 4. The van der Waals surface area contributed by atoms with Crippen LogP contribution in [-0.2, 0) is 19.3 Å². The van der Waals surface area contributed by atoms with Gasteiger partial charge in [-0.15, -0.1) is 0 Å². The molecule has 0 aliphatic heterocycles. The van der Waals surface area contributed by atoms with E-state index in [0.29, 0.717) is 0 Å². The molecule has 4 rings (SSSR count). The van der Waals surface area contributed by atoms with Gasteiger partial charge in [0.2, 0.25) is 0 Å². The number of hydrogen-bond acceptors (Lipinski definition) is 3. The van der Waals surface area contributed by atoms with E-state index < -0.39 is 0 Å². The van der Waals surface area contributed by atoms with E-state index in [9.17, 15) is 4.39 Å². The summed E-state index contributed by atoms with van der Waals surface area (Å²) in [7, 11) is 0. The van der Waals surface area contributed by atoms with Crippen molar-refractivity contribution in [1.82, 2.24) is 19.6 Å². The van der Waals surface area contributed by atoms with E-state index in [-0.39, 0.29) is 5.82 Å². The fourth-order valence-electron chi connectivity index (χ4n) is 3.07. The summed E-state index contributed by atoms with van der Waals surface area (Å²) in [6, 6.07) is 12.7. The van der Waals surface area contributed by atoms with Crippen LogP contribution in [0.15, 0.2) is 42.5 Å². The van der Waals surface area contributed by atoms with Gasteiger partial charge in [-0.1, -0.05) is 19.1 Å². The maximum absolute atomic E-state index is 13.3. The summed E-state index contributed by atoms with van der Waals surface area (Å²) in [5, 5.41) is 5.46. The molecule has 0 radical (unpaired) electrons. The molecule has 0 aliphatic rings. The van der Waals surface area contributed by atoms with Crippen LogP contribution in [0.2, 0.25) is 0 Å². The number of pyridine rings is 2. The summed E-state index contributed by atoms with van der Waals surface area (Å²) in [5.74, 6) is 0.586. The fraction of sp³-hybridized carbons (Fsp3) is 0.250. The number of fused-ring (bicyclic) bond motifs is 2. The summed E-state index contributed by atoms with van der Waals surface area (Å²) >= 11 is 0. The Hall–Kier alpha value is -2.82. The van der Waals surface area contributed by atoms with Crippen LogP contribution in [0.5, 0.6) is 0 Å². The number of rotatable bonds is 4. The van der Waals surface area contributed by atoms with Gasteiger partial charge in [-0.3, -0.25) is 4.98 Å². The van der Waals surface area contributed by atoms with E-state index in [4.69, 9.17) is 4.98 Å². The van der Waals surface area contributed by atoms with Gasteiger partial charge in [0.25, 0.3) is 0 Å². The van der Waals surface area contributed by atoms with Crippen molar-refractivity contribution in [2.75, 3.05) is 0 Å². The topological polar surface area (TPSA) is 43.1 Å². The molecule has 5 heteroatoms. The Labute approximate surface area is 145 Å². The fourth-order valence-corrected chi connectivity index (χ4v) is 3.07. The molecule has 4 nitrogen and oxygen atoms in total. The lowest BCUT2D eigenvalue weighted by molar-refractivity contribution is 0.629. The molecule has 3 aromatic heterocycles. The molecular formula is C20H19FN4. The van der Waals surface area contributed by atoms with Gasteiger partial charge in [0.15, 0.2) is 11.5 Å². The first-order valence-corrected chi connectivity index (χ1v) is 8.53. The van der Waals surface area contributed by atoms with E-state index in [1.165, 1.54) is 17.7 Å². The van der Waals surface area contributed by atoms with E-state index in [1.54, 1.807) is 6.07 Å². The highest BCUT2D eigenvalue weighted by molar-refractivity contribution is 5.78. The molecular weight excluding hydrogens is 315 g/mol. The lowest BCUT2D eigenvalue weighted by Crippen LogP contribution is -1.98. The molecule has 0 bridgehead atoms. The lowest BCUT2D eigenvalue weighted by atomic mass is 10.1. The zero-order valence-corrected chi connectivity index (χ0v) is 14.3. The highest BCUT2D eigenvalue weighted by Crippen LogP contribution is 2.16. The summed E-state index contributed by atoms with van der Waals surface area (Å²) in [6.07, 6.45) is 2.42. The minimum absolute atomic E-state index is 0.238. The zero-order valence-electron chi connectivity index (χ0n) is 14.3. The quantitative estimate of drug-likeness (QED) is 0.565. The molecule has 0 aliphatic carbocycles. The van der Waals surface area contributed by atoms with Crippen LogP contribution >= 0.6 is 0 Å². The Morgan fingerprint density at radius 1 is 1.00 bits per heavy atom. The van der Waals surface area contributed by atoms with Gasteiger partial charge in [0, 0.05) is 23.2 Å². The van der Waals surface area contributed by atoms with Crippen molar-refractivity contribution in [1.29, 1.82) is 0 Å². The van der Waals surface area contributed by atoms with Gasteiger partial charge in [-0.25, -0.2) is 13.9 Å². The molecule has 0 spiro atoms. The van der Waals surface area contributed by atoms with Crippen LogP contribution in [0.4, 0.5) is 4.39 Å². The average Bonchev–Trinajstić information content (AvgIpc) is 3.05. The Balaban J connectivity index is 1.60. The third-order valence-corrected chi connectivity index (χ3v) is 4.49. The van der Waals surface area contributed by atoms with Crippen LogP contribution in [0.1, 0.15) is 29.7 Å². The SMILES string of the molecule is CCc1ccc(C)n2nc(CCc3ccc4cc(F)ccc4n3)nc12. The Morgan fingerprint density at radius 2 is 1.88 bits per heavy atom. The van der Waals surface area contributed by atoms with Crippen LogP contribution in [0.3, 0.4) is 0 Å². The minimum atomic E-state index is -0.238. The summed E-state index contributed by atoms with van der Waals surface area (Å²) < 4.78 is 15.2. The van der Waals surface area contributed by atoms with Crippen molar-refractivity contribution in [3.8, 4) is 0 Å². The summed E-state index contributed by atoms with van der Waals surface area (Å²) in [5.41, 5.74) is 5.00. The molecule has 0 saturated heterocycles. The second-order valence-electron chi connectivity index (χ2n) is 6.26. The summed E-state index contributed by atoms with van der Waals surface area (Å²) in [4.78, 5) is 9.32. The molecule has 0 amide bonds. The van der Waals surface area contributed by atoms with Gasteiger partial charge in [0.05, 0.1) is 5.52 Å². The second kappa shape index (κ2) is 6.24. The number of benzene rings is 1. The third-order valence-electron chi connectivity index (χ3n) is 4.49. The van der Waals surface area contributed by atoms with Crippen LogP contribution in [-0.4, -0.2) is 19.6 Å². The molecule has 3 heterocycles. The van der Waals surface area contributed by atoms with Gasteiger partial charge in [-0.05, 0) is 55.7 Å². The van der Waals surface area contributed by atoms with Crippen molar-refractivity contribution in [3.63, 3.8) is 0 Å². The monoisotopic (exact) mass is 334 g/mol. The average molecular weight is 334 g/mol. The molecule has 126 valence electrons. The summed E-state index contributed by atoms with van der Waals surface area (Å²) in [6.45, 7) is 4.16. The lowest BCUT2D eigenvalue weighted by Gasteiger charge is -2.02. The van der Waals surface area contributed by atoms with E-state index in [1.807, 2.05) is 23.6 Å². The molecule has 0 saturated carbocycles.